The molecule has 0 heterocycles. The third-order valence-electron chi connectivity index (χ3n) is 1.74. The molecule has 0 aromatic heterocycles. The highest BCUT2D eigenvalue weighted by atomic mass is 14.1. The van der Waals surface area contributed by atoms with Crippen molar-refractivity contribution in [3.05, 3.63) is 0 Å². The van der Waals surface area contributed by atoms with Crippen molar-refractivity contribution in [3.63, 3.8) is 0 Å². The average Bonchev–Trinajstić information content (AvgIpc) is 1.81. The molecule has 0 aliphatic rings. The highest BCUT2D eigenvalue weighted by Gasteiger charge is 2.10. The smallest absolute Gasteiger partial charge is 0.0225 e. The van der Waals surface area contributed by atoms with Gasteiger partial charge >= 0.3 is 0 Å². The van der Waals surface area contributed by atoms with Crippen LogP contribution in [0.25, 0.3) is 0 Å². The van der Waals surface area contributed by atoms with E-state index in [1.54, 1.807) is 0 Å². The van der Waals surface area contributed by atoms with Crippen molar-refractivity contribution in [2.75, 3.05) is 0 Å². The Balaban J connectivity index is 3.75. The zero-order valence-electron chi connectivity index (χ0n) is 7.52. The van der Waals surface area contributed by atoms with Gasteiger partial charge in [-0.1, -0.05) is 27.7 Å². The Bertz CT molecular complexity index is 114. The van der Waals surface area contributed by atoms with Gasteiger partial charge in [-0.25, -0.2) is 0 Å². The van der Waals surface area contributed by atoms with E-state index >= 15 is 0 Å². The van der Waals surface area contributed by atoms with Crippen molar-refractivity contribution in [3.8, 4) is 12.3 Å². The predicted octanol–water partition coefficient (Wildman–Crippen LogP) is 2.94. The predicted molar refractivity (Wildman–Crippen MR) is 46.6 cm³/mol. The molecule has 0 nitrogen and oxygen atoms in total. The molecule has 1 atom stereocenters. The molecule has 0 aromatic carbocycles. The molecule has 0 aliphatic carbocycles. The molecule has 0 aliphatic heterocycles. The van der Waals surface area contributed by atoms with Crippen LogP contribution in [0.4, 0.5) is 0 Å². The molecule has 0 aromatic rings. The molecular formula is C10H18. The first-order valence-electron chi connectivity index (χ1n) is 4.04. The fourth-order valence-electron chi connectivity index (χ4n) is 1.04. The van der Waals surface area contributed by atoms with Gasteiger partial charge in [0.2, 0.25) is 0 Å². The van der Waals surface area contributed by atoms with E-state index in [1.807, 2.05) is 0 Å². The second-order valence-electron chi connectivity index (χ2n) is 3.65. The maximum absolute atomic E-state index is 5.37. The lowest BCUT2D eigenvalue weighted by Crippen LogP contribution is -2.08. The molecule has 0 N–H and O–H groups in total. The third kappa shape index (κ3) is 3.56. The summed E-state index contributed by atoms with van der Waals surface area (Å²) in [5, 5.41) is 0. The molecular weight excluding hydrogens is 120 g/mol. The molecule has 0 saturated carbocycles. The summed E-state index contributed by atoms with van der Waals surface area (Å²) in [6.07, 6.45) is 6.53. The Morgan fingerprint density at radius 3 is 1.80 bits per heavy atom. The molecule has 0 radical (unpaired) electrons. The average molecular weight is 138 g/mol. The molecule has 0 heteroatoms. The van der Waals surface area contributed by atoms with Crippen LogP contribution in [0.2, 0.25) is 0 Å². The fraction of sp³-hybridized carbons (Fsp3) is 0.800. The van der Waals surface area contributed by atoms with Gasteiger partial charge in [0.15, 0.2) is 0 Å². The minimum Gasteiger partial charge on any atom is -0.120 e. The summed E-state index contributed by atoms with van der Waals surface area (Å²) >= 11 is 0. The second-order valence-corrected chi connectivity index (χ2v) is 3.65. The Morgan fingerprint density at radius 2 is 1.70 bits per heavy atom. The van der Waals surface area contributed by atoms with Gasteiger partial charge in [0, 0.05) is 5.92 Å². The van der Waals surface area contributed by atoms with Gasteiger partial charge in [0.1, 0.15) is 0 Å². The molecule has 0 spiro atoms. The van der Waals surface area contributed by atoms with E-state index in [0.717, 1.165) is 12.3 Å². The first-order chi connectivity index (χ1) is 4.57. The summed E-state index contributed by atoms with van der Waals surface area (Å²) < 4.78 is 0. The molecule has 0 fully saturated rings. The van der Waals surface area contributed by atoms with E-state index in [0.29, 0.717) is 11.8 Å². The standard InChI is InChI=1S/C10H18/c1-6-10(9(4)5)7-8(2)3/h1,8-10H,7H2,2-5H3. The van der Waals surface area contributed by atoms with Gasteiger partial charge in [0.05, 0.1) is 0 Å². The summed E-state index contributed by atoms with van der Waals surface area (Å²) in [4.78, 5) is 0. The molecule has 0 amide bonds. The van der Waals surface area contributed by atoms with Gasteiger partial charge in [-0.15, -0.1) is 12.3 Å². The Kier molecular flexibility index (Phi) is 4.19. The lowest BCUT2D eigenvalue weighted by molar-refractivity contribution is 0.392. The normalized spacial score (nSPS) is 13.7. The van der Waals surface area contributed by atoms with Gasteiger partial charge in [-0.05, 0) is 18.3 Å². The van der Waals surface area contributed by atoms with Crippen molar-refractivity contribution in [1.29, 1.82) is 0 Å². The Morgan fingerprint density at radius 1 is 1.20 bits per heavy atom. The highest BCUT2D eigenvalue weighted by Crippen LogP contribution is 2.18. The summed E-state index contributed by atoms with van der Waals surface area (Å²) in [6.45, 7) is 8.80. The monoisotopic (exact) mass is 138 g/mol. The van der Waals surface area contributed by atoms with Gasteiger partial charge in [0.25, 0.3) is 0 Å². The number of hydrogen-bond donors (Lipinski definition) is 0. The van der Waals surface area contributed by atoms with Crippen LogP contribution in [0.1, 0.15) is 34.1 Å². The van der Waals surface area contributed by atoms with Crippen LogP contribution in [0.15, 0.2) is 0 Å². The number of terminal acetylenes is 1. The largest absolute Gasteiger partial charge is 0.120 e. The van der Waals surface area contributed by atoms with E-state index in [9.17, 15) is 0 Å². The van der Waals surface area contributed by atoms with E-state index < -0.39 is 0 Å². The van der Waals surface area contributed by atoms with E-state index in [2.05, 4.69) is 33.6 Å². The minimum atomic E-state index is 0.472. The first kappa shape index (κ1) is 9.56. The Labute approximate surface area is 65.0 Å². The fourth-order valence-corrected chi connectivity index (χ4v) is 1.04. The number of rotatable bonds is 3. The van der Waals surface area contributed by atoms with Crippen molar-refractivity contribution in [1.82, 2.24) is 0 Å². The van der Waals surface area contributed by atoms with E-state index in [4.69, 9.17) is 6.42 Å². The zero-order chi connectivity index (χ0) is 8.15. The molecule has 58 valence electrons. The van der Waals surface area contributed by atoms with Crippen LogP contribution in [0.3, 0.4) is 0 Å². The SMILES string of the molecule is C#CC(CC(C)C)C(C)C. The quantitative estimate of drug-likeness (QED) is 0.526. The molecule has 0 rings (SSSR count). The molecule has 10 heavy (non-hydrogen) atoms. The third-order valence-corrected chi connectivity index (χ3v) is 1.74. The van der Waals surface area contributed by atoms with Crippen molar-refractivity contribution in [2.45, 2.75) is 34.1 Å². The van der Waals surface area contributed by atoms with Crippen molar-refractivity contribution < 1.29 is 0 Å². The summed E-state index contributed by atoms with van der Waals surface area (Å²) in [5.74, 6) is 4.66. The van der Waals surface area contributed by atoms with Crippen LogP contribution < -0.4 is 0 Å². The maximum atomic E-state index is 5.37. The van der Waals surface area contributed by atoms with Gasteiger partial charge < -0.3 is 0 Å². The van der Waals surface area contributed by atoms with Crippen LogP contribution in [0.5, 0.6) is 0 Å². The van der Waals surface area contributed by atoms with Crippen LogP contribution >= 0.6 is 0 Å². The maximum Gasteiger partial charge on any atom is 0.0225 e. The highest BCUT2D eigenvalue weighted by molar-refractivity contribution is 4.94. The molecule has 1 unspecified atom stereocenters. The first-order valence-corrected chi connectivity index (χ1v) is 4.04. The van der Waals surface area contributed by atoms with Crippen molar-refractivity contribution in [2.24, 2.45) is 17.8 Å². The van der Waals surface area contributed by atoms with Crippen molar-refractivity contribution >= 4 is 0 Å². The molecule has 0 bridgehead atoms. The lowest BCUT2D eigenvalue weighted by Gasteiger charge is -2.16. The van der Waals surface area contributed by atoms with Crippen LogP contribution in [-0.2, 0) is 0 Å². The topological polar surface area (TPSA) is 0 Å². The van der Waals surface area contributed by atoms with E-state index in [1.165, 1.54) is 0 Å². The zero-order valence-corrected chi connectivity index (χ0v) is 7.52. The summed E-state index contributed by atoms with van der Waals surface area (Å²) in [5.41, 5.74) is 0. The van der Waals surface area contributed by atoms with Gasteiger partial charge in [-0.2, -0.15) is 0 Å². The number of hydrogen-bond acceptors (Lipinski definition) is 0. The Hall–Kier alpha value is -0.440. The summed E-state index contributed by atoms with van der Waals surface area (Å²) in [7, 11) is 0. The second kappa shape index (κ2) is 4.39. The minimum absolute atomic E-state index is 0.472. The summed E-state index contributed by atoms with van der Waals surface area (Å²) in [6, 6.07) is 0. The van der Waals surface area contributed by atoms with E-state index in [-0.39, 0.29) is 0 Å². The van der Waals surface area contributed by atoms with Crippen LogP contribution in [-0.4, -0.2) is 0 Å². The van der Waals surface area contributed by atoms with Gasteiger partial charge in [-0.3, -0.25) is 0 Å². The molecule has 0 saturated heterocycles. The lowest BCUT2D eigenvalue weighted by atomic mass is 9.88. The van der Waals surface area contributed by atoms with Crippen LogP contribution in [0, 0.1) is 30.1 Å².